The van der Waals surface area contributed by atoms with Crippen LogP contribution in [-0.4, -0.2) is 30.1 Å². The van der Waals surface area contributed by atoms with Crippen molar-refractivity contribution in [1.29, 1.82) is 0 Å². The van der Waals surface area contributed by atoms with Gasteiger partial charge < -0.3 is 14.7 Å². The number of anilines is 1. The first-order chi connectivity index (χ1) is 9.88. The van der Waals surface area contributed by atoms with E-state index in [-0.39, 0.29) is 11.9 Å². The minimum atomic E-state index is -0.702. The number of piperidine rings is 1. The molecule has 0 bridgehead atoms. The van der Waals surface area contributed by atoms with Gasteiger partial charge in [-0.2, -0.15) is 0 Å². The lowest BCUT2D eigenvalue weighted by Gasteiger charge is -2.32. The van der Waals surface area contributed by atoms with Crippen molar-refractivity contribution in [2.45, 2.75) is 33.6 Å². The van der Waals surface area contributed by atoms with E-state index in [2.05, 4.69) is 4.90 Å². The molecule has 2 rings (SSSR count). The second-order valence-electron chi connectivity index (χ2n) is 5.60. The molecule has 1 heterocycles. The Morgan fingerprint density at radius 1 is 1.19 bits per heavy atom. The maximum atomic E-state index is 11.1. The van der Waals surface area contributed by atoms with Gasteiger partial charge in [-0.25, -0.2) is 0 Å². The molecule has 0 aliphatic carbocycles. The maximum absolute atomic E-state index is 11.1. The molecular weight excluding hydrogens is 270 g/mol. The normalized spacial score (nSPS) is 15.9. The molecule has 1 aromatic rings. The number of carbonyl (C=O) groups excluding carboxylic acids is 1. The standard InChI is InChI=1S/C16H21NO4/c1-10-8-14(9-11(2)15(10)21-12(3)18)17-6-4-13(5-7-17)16(19)20/h8-9,13H,4-7H2,1-3H3,(H,19,20). The summed E-state index contributed by atoms with van der Waals surface area (Å²) < 4.78 is 5.23. The number of carboxylic acid groups (broad SMARTS) is 1. The number of rotatable bonds is 3. The van der Waals surface area contributed by atoms with Crippen LogP contribution in [0.4, 0.5) is 5.69 Å². The molecule has 114 valence electrons. The average Bonchev–Trinajstić information content (AvgIpc) is 2.42. The van der Waals surface area contributed by atoms with E-state index < -0.39 is 5.97 Å². The second-order valence-corrected chi connectivity index (χ2v) is 5.60. The first-order valence-electron chi connectivity index (χ1n) is 7.16. The minimum absolute atomic E-state index is 0.233. The van der Waals surface area contributed by atoms with Crippen molar-refractivity contribution >= 4 is 17.6 Å². The Morgan fingerprint density at radius 3 is 2.14 bits per heavy atom. The third-order valence-electron chi connectivity index (χ3n) is 3.90. The molecule has 1 saturated heterocycles. The van der Waals surface area contributed by atoms with Crippen LogP contribution in [0.15, 0.2) is 12.1 Å². The molecular formula is C16H21NO4. The van der Waals surface area contributed by atoms with Gasteiger partial charge in [0, 0.05) is 25.7 Å². The van der Waals surface area contributed by atoms with Crippen LogP contribution in [0, 0.1) is 19.8 Å². The summed E-state index contributed by atoms with van der Waals surface area (Å²) in [6, 6.07) is 3.98. The highest BCUT2D eigenvalue weighted by atomic mass is 16.5. The number of aryl methyl sites for hydroxylation is 2. The van der Waals surface area contributed by atoms with E-state index in [4.69, 9.17) is 9.84 Å². The summed E-state index contributed by atoms with van der Waals surface area (Å²) in [5.74, 6) is -0.640. The number of benzene rings is 1. The third kappa shape index (κ3) is 3.54. The first-order valence-corrected chi connectivity index (χ1v) is 7.16. The SMILES string of the molecule is CC(=O)Oc1c(C)cc(N2CCC(C(=O)O)CC2)cc1C. The Balaban J connectivity index is 2.15. The van der Waals surface area contributed by atoms with Crippen LogP contribution in [0.1, 0.15) is 30.9 Å². The molecule has 0 amide bonds. The predicted octanol–water partition coefficient (Wildman–Crippen LogP) is 2.53. The van der Waals surface area contributed by atoms with Gasteiger partial charge in [-0.15, -0.1) is 0 Å². The summed E-state index contributed by atoms with van der Waals surface area (Å²) in [6.07, 6.45) is 1.33. The Hall–Kier alpha value is -2.04. The minimum Gasteiger partial charge on any atom is -0.481 e. The Labute approximate surface area is 124 Å². The molecule has 21 heavy (non-hydrogen) atoms. The van der Waals surface area contributed by atoms with Crippen LogP contribution in [0.25, 0.3) is 0 Å². The number of aliphatic carboxylic acids is 1. The lowest BCUT2D eigenvalue weighted by Crippen LogP contribution is -2.36. The van der Waals surface area contributed by atoms with E-state index in [0.717, 1.165) is 29.9 Å². The van der Waals surface area contributed by atoms with E-state index in [1.807, 2.05) is 26.0 Å². The molecule has 5 heteroatoms. The van der Waals surface area contributed by atoms with Crippen LogP contribution in [0.2, 0.25) is 0 Å². The fraction of sp³-hybridized carbons (Fsp3) is 0.500. The first kappa shape index (κ1) is 15.4. The lowest BCUT2D eigenvalue weighted by atomic mass is 9.96. The van der Waals surface area contributed by atoms with Gasteiger partial charge in [-0.05, 0) is 49.9 Å². The maximum Gasteiger partial charge on any atom is 0.308 e. The molecule has 0 radical (unpaired) electrons. The number of carbonyl (C=O) groups is 2. The van der Waals surface area contributed by atoms with Gasteiger partial charge in [0.15, 0.2) is 0 Å². The van der Waals surface area contributed by atoms with Crippen molar-refractivity contribution in [3.05, 3.63) is 23.3 Å². The smallest absolute Gasteiger partial charge is 0.308 e. The summed E-state index contributed by atoms with van der Waals surface area (Å²) in [4.78, 5) is 24.3. The van der Waals surface area contributed by atoms with Gasteiger partial charge in [0.25, 0.3) is 0 Å². The number of ether oxygens (including phenoxy) is 1. The van der Waals surface area contributed by atoms with E-state index in [0.29, 0.717) is 18.6 Å². The van der Waals surface area contributed by atoms with Gasteiger partial charge >= 0.3 is 11.9 Å². The molecule has 5 nitrogen and oxygen atoms in total. The summed E-state index contributed by atoms with van der Waals surface area (Å²) in [5.41, 5.74) is 2.89. The lowest BCUT2D eigenvalue weighted by molar-refractivity contribution is -0.142. The molecule has 0 unspecified atom stereocenters. The van der Waals surface area contributed by atoms with Crippen LogP contribution >= 0.6 is 0 Å². The summed E-state index contributed by atoms with van der Waals surface area (Å²) in [7, 11) is 0. The van der Waals surface area contributed by atoms with E-state index >= 15 is 0 Å². The molecule has 1 aliphatic rings. The highest BCUT2D eigenvalue weighted by Crippen LogP contribution is 2.31. The van der Waals surface area contributed by atoms with E-state index in [9.17, 15) is 9.59 Å². The van der Waals surface area contributed by atoms with E-state index in [1.165, 1.54) is 6.92 Å². The van der Waals surface area contributed by atoms with Crippen molar-refractivity contribution in [2.75, 3.05) is 18.0 Å². The zero-order chi connectivity index (χ0) is 15.6. The molecule has 0 aromatic heterocycles. The van der Waals surface area contributed by atoms with Gasteiger partial charge in [0.1, 0.15) is 5.75 Å². The van der Waals surface area contributed by atoms with Crippen molar-refractivity contribution in [1.82, 2.24) is 0 Å². The third-order valence-corrected chi connectivity index (χ3v) is 3.90. The Morgan fingerprint density at radius 2 is 1.71 bits per heavy atom. The summed E-state index contributed by atoms with van der Waals surface area (Å²) in [5, 5.41) is 9.04. The molecule has 1 N–H and O–H groups in total. The summed E-state index contributed by atoms with van der Waals surface area (Å²) in [6.45, 7) is 6.70. The highest BCUT2D eigenvalue weighted by Gasteiger charge is 2.25. The molecule has 0 spiro atoms. The van der Waals surface area contributed by atoms with Gasteiger partial charge in [-0.3, -0.25) is 9.59 Å². The van der Waals surface area contributed by atoms with E-state index in [1.54, 1.807) is 0 Å². The van der Waals surface area contributed by atoms with Crippen LogP contribution in [0.5, 0.6) is 5.75 Å². The molecule has 0 atom stereocenters. The average molecular weight is 291 g/mol. The topological polar surface area (TPSA) is 66.8 Å². The molecule has 1 fully saturated rings. The highest BCUT2D eigenvalue weighted by molar-refractivity contribution is 5.72. The zero-order valence-electron chi connectivity index (χ0n) is 12.7. The van der Waals surface area contributed by atoms with Crippen LogP contribution < -0.4 is 9.64 Å². The number of esters is 1. The predicted molar refractivity (Wildman–Crippen MR) is 79.8 cm³/mol. The Bertz CT molecular complexity index is 536. The fourth-order valence-electron chi connectivity index (χ4n) is 2.80. The summed E-state index contributed by atoms with van der Waals surface area (Å²) >= 11 is 0. The largest absolute Gasteiger partial charge is 0.481 e. The zero-order valence-corrected chi connectivity index (χ0v) is 12.7. The van der Waals surface area contributed by atoms with Crippen LogP contribution in [-0.2, 0) is 9.59 Å². The van der Waals surface area contributed by atoms with Gasteiger partial charge in [0.05, 0.1) is 5.92 Å². The van der Waals surface area contributed by atoms with Crippen molar-refractivity contribution in [3.8, 4) is 5.75 Å². The van der Waals surface area contributed by atoms with Gasteiger partial charge in [0.2, 0.25) is 0 Å². The van der Waals surface area contributed by atoms with Crippen molar-refractivity contribution in [3.63, 3.8) is 0 Å². The van der Waals surface area contributed by atoms with Crippen molar-refractivity contribution in [2.24, 2.45) is 5.92 Å². The molecule has 0 saturated carbocycles. The Kier molecular flexibility index (Phi) is 4.50. The molecule has 1 aliphatic heterocycles. The number of hydrogen-bond donors (Lipinski definition) is 1. The van der Waals surface area contributed by atoms with Crippen LogP contribution in [0.3, 0.4) is 0 Å². The second kappa shape index (κ2) is 6.16. The number of nitrogens with zero attached hydrogens (tertiary/aromatic N) is 1. The fourth-order valence-corrected chi connectivity index (χ4v) is 2.80. The number of hydrogen-bond acceptors (Lipinski definition) is 4. The monoisotopic (exact) mass is 291 g/mol. The van der Waals surface area contributed by atoms with Gasteiger partial charge in [-0.1, -0.05) is 0 Å². The molecule has 1 aromatic carbocycles. The number of carboxylic acids is 1. The quantitative estimate of drug-likeness (QED) is 0.684. The van der Waals surface area contributed by atoms with Crippen molar-refractivity contribution < 1.29 is 19.4 Å².